The number of hydrogen-bond acceptors (Lipinski definition) is 2. The lowest BCUT2D eigenvalue weighted by molar-refractivity contribution is 0.248. The number of rotatable bonds is 6. The number of aryl methyl sites for hydroxylation is 1. The highest BCUT2D eigenvalue weighted by molar-refractivity contribution is 5.34. The second kappa shape index (κ2) is 6.30. The zero-order valence-electron chi connectivity index (χ0n) is 11.0. The van der Waals surface area contributed by atoms with Crippen LogP contribution in [0.4, 0.5) is 4.39 Å². The fourth-order valence-electron chi connectivity index (χ4n) is 2.74. The summed E-state index contributed by atoms with van der Waals surface area (Å²) in [6.07, 6.45) is 3.94. The Kier molecular flexibility index (Phi) is 4.72. The van der Waals surface area contributed by atoms with Gasteiger partial charge in [-0.25, -0.2) is 4.39 Å². The molecule has 18 heavy (non-hydrogen) atoms. The van der Waals surface area contributed by atoms with E-state index in [0.717, 1.165) is 37.8 Å². The Bertz CT molecular complexity index is 394. The van der Waals surface area contributed by atoms with Crippen LogP contribution in [0.25, 0.3) is 0 Å². The summed E-state index contributed by atoms with van der Waals surface area (Å²) in [5, 5.41) is 12.5. The summed E-state index contributed by atoms with van der Waals surface area (Å²) < 4.78 is 13.1. The fraction of sp³-hybridized carbons (Fsp3) is 0.600. The van der Waals surface area contributed by atoms with E-state index in [-0.39, 0.29) is 12.4 Å². The lowest BCUT2D eigenvalue weighted by atomic mass is 10.0. The molecule has 0 aliphatic heterocycles. The minimum absolute atomic E-state index is 0.138. The summed E-state index contributed by atoms with van der Waals surface area (Å²) >= 11 is 0. The molecule has 0 radical (unpaired) electrons. The molecule has 100 valence electrons. The van der Waals surface area contributed by atoms with Crippen LogP contribution in [-0.2, 0) is 6.42 Å². The highest BCUT2D eigenvalue weighted by atomic mass is 19.1. The monoisotopic (exact) mass is 251 g/mol. The zero-order chi connectivity index (χ0) is 13.0. The number of benzene rings is 1. The lowest BCUT2D eigenvalue weighted by Crippen LogP contribution is -2.26. The van der Waals surface area contributed by atoms with Crippen LogP contribution in [-0.4, -0.2) is 18.3 Å². The molecule has 2 atom stereocenters. The van der Waals surface area contributed by atoms with Crippen molar-refractivity contribution < 1.29 is 9.50 Å². The van der Waals surface area contributed by atoms with Crippen LogP contribution in [0.3, 0.4) is 0 Å². The lowest BCUT2D eigenvalue weighted by Gasteiger charge is -2.19. The van der Waals surface area contributed by atoms with E-state index in [2.05, 4.69) is 12.2 Å². The maximum atomic E-state index is 13.1. The number of aliphatic hydroxyl groups is 1. The molecule has 0 heterocycles. The summed E-state index contributed by atoms with van der Waals surface area (Å²) in [5.74, 6) is 0.389. The van der Waals surface area contributed by atoms with Crippen LogP contribution in [0.5, 0.6) is 0 Å². The smallest absolute Gasteiger partial charge is 0.123 e. The van der Waals surface area contributed by atoms with Gasteiger partial charge in [0.15, 0.2) is 0 Å². The molecule has 0 saturated heterocycles. The third kappa shape index (κ3) is 3.09. The van der Waals surface area contributed by atoms with Crippen LogP contribution in [0.15, 0.2) is 18.2 Å². The molecule has 1 aliphatic carbocycles. The van der Waals surface area contributed by atoms with Crippen molar-refractivity contribution in [2.45, 2.75) is 38.6 Å². The molecule has 1 aliphatic rings. The minimum Gasteiger partial charge on any atom is -0.396 e. The Balaban J connectivity index is 1.93. The first kappa shape index (κ1) is 13.5. The molecule has 1 aromatic carbocycles. The van der Waals surface area contributed by atoms with Gasteiger partial charge in [-0.05, 0) is 55.0 Å². The number of nitrogens with one attached hydrogen (secondary N) is 1. The van der Waals surface area contributed by atoms with Crippen molar-refractivity contribution in [3.63, 3.8) is 0 Å². The van der Waals surface area contributed by atoms with E-state index in [1.165, 1.54) is 5.56 Å². The van der Waals surface area contributed by atoms with Crippen LogP contribution in [0.1, 0.15) is 43.4 Å². The summed E-state index contributed by atoms with van der Waals surface area (Å²) in [4.78, 5) is 0. The third-order valence-corrected chi connectivity index (χ3v) is 3.95. The summed E-state index contributed by atoms with van der Waals surface area (Å²) in [6, 6.07) is 5.46. The maximum absolute atomic E-state index is 13.1. The molecule has 0 saturated carbocycles. The van der Waals surface area contributed by atoms with Crippen molar-refractivity contribution in [3.8, 4) is 0 Å². The maximum Gasteiger partial charge on any atom is 0.123 e. The Hall–Kier alpha value is -0.930. The van der Waals surface area contributed by atoms with Gasteiger partial charge in [-0.1, -0.05) is 19.4 Å². The molecule has 0 spiro atoms. The first-order valence-electron chi connectivity index (χ1n) is 6.87. The third-order valence-electron chi connectivity index (χ3n) is 3.95. The number of halogens is 1. The molecule has 0 fully saturated rings. The predicted octanol–water partition coefficient (Wildman–Crippen LogP) is 2.81. The summed E-state index contributed by atoms with van der Waals surface area (Å²) in [7, 11) is 0. The Labute approximate surface area is 108 Å². The van der Waals surface area contributed by atoms with Crippen molar-refractivity contribution in [1.29, 1.82) is 0 Å². The van der Waals surface area contributed by atoms with E-state index in [1.807, 2.05) is 6.07 Å². The molecule has 0 bridgehead atoms. The summed E-state index contributed by atoms with van der Waals surface area (Å²) in [6.45, 7) is 3.34. The molecule has 0 aromatic heterocycles. The molecular formula is C15H22FNO. The topological polar surface area (TPSA) is 32.3 Å². The Morgan fingerprint density at radius 3 is 3.06 bits per heavy atom. The van der Waals surface area contributed by atoms with Crippen molar-refractivity contribution in [3.05, 3.63) is 35.1 Å². The SMILES string of the molecule is CCC(CCO)CNC1CCc2cc(F)ccc21. The zero-order valence-corrected chi connectivity index (χ0v) is 11.0. The fourth-order valence-corrected chi connectivity index (χ4v) is 2.74. The van der Waals surface area contributed by atoms with Gasteiger partial charge in [0.1, 0.15) is 5.82 Å². The van der Waals surface area contributed by atoms with E-state index in [1.54, 1.807) is 12.1 Å². The van der Waals surface area contributed by atoms with Gasteiger partial charge in [-0.3, -0.25) is 0 Å². The van der Waals surface area contributed by atoms with Gasteiger partial charge in [0.05, 0.1) is 0 Å². The van der Waals surface area contributed by atoms with E-state index < -0.39 is 0 Å². The second-order valence-electron chi connectivity index (χ2n) is 5.13. The molecule has 1 aromatic rings. The van der Waals surface area contributed by atoms with Crippen LogP contribution < -0.4 is 5.32 Å². The first-order valence-corrected chi connectivity index (χ1v) is 6.87. The quantitative estimate of drug-likeness (QED) is 0.815. The molecule has 2 N–H and O–H groups in total. The molecular weight excluding hydrogens is 229 g/mol. The Morgan fingerprint density at radius 1 is 1.50 bits per heavy atom. The molecule has 0 amide bonds. The molecule has 2 unspecified atom stereocenters. The van der Waals surface area contributed by atoms with Gasteiger partial charge in [0.2, 0.25) is 0 Å². The van der Waals surface area contributed by atoms with E-state index in [4.69, 9.17) is 5.11 Å². The number of hydrogen-bond donors (Lipinski definition) is 2. The molecule has 3 heteroatoms. The Morgan fingerprint density at radius 2 is 2.33 bits per heavy atom. The number of aliphatic hydroxyl groups excluding tert-OH is 1. The molecule has 2 nitrogen and oxygen atoms in total. The largest absolute Gasteiger partial charge is 0.396 e. The molecule has 2 rings (SSSR count). The average Bonchev–Trinajstić information content (AvgIpc) is 2.76. The number of fused-ring (bicyclic) bond motifs is 1. The van der Waals surface area contributed by atoms with Gasteiger partial charge in [-0.15, -0.1) is 0 Å². The van der Waals surface area contributed by atoms with Crippen LogP contribution in [0.2, 0.25) is 0 Å². The van der Waals surface area contributed by atoms with Crippen molar-refractivity contribution in [2.24, 2.45) is 5.92 Å². The predicted molar refractivity (Wildman–Crippen MR) is 70.9 cm³/mol. The van der Waals surface area contributed by atoms with Gasteiger partial charge in [0.25, 0.3) is 0 Å². The average molecular weight is 251 g/mol. The van der Waals surface area contributed by atoms with Gasteiger partial charge < -0.3 is 10.4 Å². The normalized spacial score (nSPS) is 19.8. The van der Waals surface area contributed by atoms with Gasteiger partial charge in [0, 0.05) is 12.6 Å². The van der Waals surface area contributed by atoms with E-state index in [9.17, 15) is 4.39 Å². The summed E-state index contributed by atoms with van der Waals surface area (Å²) in [5.41, 5.74) is 2.39. The first-order chi connectivity index (χ1) is 8.74. The van der Waals surface area contributed by atoms with Crippen molar-refractivity contribution in [1.82, 2.24) is 5.32 Å². The highest BCUT2D eigenvalue weighted by Gasteiger charge is 2.22. The highest BCUT2D eigenvalue weighted by Crippen LogP contribution is 2.31. The van der Waals surface area contributed by atoms with Crippen LogP contribution in [0, 0.1) is 11.7 Å². The van der Waals surface area contributed by atoms with Crippen molar-refractivity contribution in [2.75, 3.05) is 13.2 Å². The second-order valence-corrected chi connectivity index (χ2v) is 5.13. The van der Waals surface area contributed by atoms with E-state index >= 15 is 0 Å². The van der Waals surface area contributed by atoms with Crippen molar-refractivity contribution >= 4 is 0 Å². The minimum atomic E-state index is -0.138. The van der Waals surface area contributed by atoms with Gasteiger partial charge in [-0.2, -0.15) is 0 Å². The standard InChI is InChI=1S/C15H22FNO/c1-2-11(7-8-18)10-17-15-6-3-12-9-13(16)4-5-14(12)15/h4-5,9,11,15,17-18H,2-3,6-8,10H2,1H3. The van der Waals surface area contributed by atoms with Crippen LogP contribution >= 0.6 is 0 Å². The van der Waals surface area contributed by atoms with E-state index in [0.29, 0.717) is 12.0 Å². The van der Waals surface area contributed by atoms with Gasteiger partial charge >= 0.3 is 0 Å².